The lowest BCUT2D eigenvalue weighted by atomic mass is 10.1. The van der Waals surface area contributed by atoms with Gasteiger partial charge in [0.1, 0.15) is 6.04 Å². The lowest BCUT2D eigenvalue weighted by Gasteiger charge is -2.32. The van der Waals surface area contributed by atoms with E-state index in [2.05, 4.69) is 15.2 Å². The lowest BCUT2D eigenvalue weighted by molar-refractivity contribution is -0.117. The number of ether oxygens (including phenoxy) is 1. The number of nitrogens with zero attached hydrogens (tertiary/aromatic N) is 2. The molecule has 1 aromatic rings. The van der Waals surface area contributed by atoms with Crippen molar-refractivity contribution in [2.75, 3.05) is 23.9 Å². The molecule has 1 fully saturated rings. The van der Waals surface area contributed by atoms with Gasteiger partial charge in [-0.3, -0.25) is 9.78 Å². The van der Waals surface area contributed by atoms with Crippen LogP contribution in [0.4, 0.5) is 11.4 Å². The van der Waals surface area contributed by atoms with E-state index in [0.29, 0.717) is 0 Å². The molecule has 1 N–H and O–H groups in total. The fraction of sp³-hybridized carbons (Fsp3) is 0.455. The van der Waals surface area contributed by atoms with E-state index in [1.54, 1.807) is 19.5 Å². The van der Waals surface area contributed by atoms with Crippen LogP contribution in [0.25, 0.3) is 0 Å². The van der Waals surface area contributed by atoms with E-state index in [0.717, 1.165) is 24.3 Å². The zero-order valence-electron chi connectivity index (χ0n) is 9.01. The first kappa shape index (κ1) is 9.59. The van der Waals surface area contributed by atoms with Crippen molar-refractivity contribution in [2.45, 2.75) is 18.6 Å². The maximum absolute atomic E-state index is 11.9. The molecule has 3 heterocycles. The van der Waals surface area contributed by atoms with Gasteiger partial charge in [0.25, 0.3) is 0 Å². The van der Waals surface area contributed by atoms with Crippen molar-refractivity contribution < 1.29 is 9.53 Å². The Labute approximate surface area is 93.4 Å². The lowest BCUT2D eigenvalue weighted by Crippen LogP contribution is -2.43. The van der Waals surface area contributed by atoms with Crippen molar-refractivity contribution >= 4 is 17.3 Å². The third-order valence-electron chi connectivity index (χ3n) is 3.26. The minimum Gasteiger partial charge on any atom is -0.380 e. The molecule has 0 radical (unpaired) electrons. The zero-order valence-corrected chi connectivity index (χ0v) is 9.01. The Morgan fingerprint density at radius 3 is 3.31 bits per heavy atom. The Morgan fingerprint density at radius 1 is 1.62 bits per heavy atom. The molecule has 2 unspecified atom stereocenters. The van der Waals surface area contributed by atoms with Gasteiger partial charge in [0.05, 0.1) is 23.7 Å². The van der Waals surface area contributed by atoms with Crippen LogP contribution in [0.3, 0.4) is 0 Å². The van der Waals surface area contributed by atoms with Crippen LogP contribution >= 0.6 is 0 Å². The van der Waals surface area contributed by atoms with Crippen molar-refractivity contribution in [2.24, 2.45) is 0 Å². The number of carbonyl (C=O) groups excluding carboxylic acids is 1. The monoisotopic (exact) mass is 219 g/mol. The summed E-state index contributed by atoms with van der Waals surface area (Å²) in [6.07, 6.45) is 4.32. The molecule has 5 nitrogen and oxygen atoms in total. The van der Waals surface area contributed by atoms with Gasteiger partial charge >= 0.3 is 0 Å². The summed E-state index contributed by atoms with van der Waals surface area (Å²) in [5, 5.41) is 2.88. The van der Waals surface area contributed by atoms with Gasteiger partial charge in [-0.1, -0.05) is 0 Å². The number of carbonyl (C=O) groups is 1. The molecule has 0 spiro atoms. The summed E-state index contributed by atoms with van der Waals surface area (Å²) in [4.78, 5) is 18.0. The summed E-state index contributed by atoms with van der Waals surface area (Å²) in [6, 6.07) is 1.83. The number of hydrogen-bond acceptors (Lipinski definition) is 4. The van der Waals surface area contributed by atoms with Gasteiger partial charge in [-0.25, -0.2) is 0 Å². The van der Waals surface area contributed by atoms with E-state index in [1.807, 2.05) is 6.07 Å². The Bertz CT molecular complexity index is 435. The van der Waals surface area contributed by atoms with E-state index < -0.39 is 0 Å². The highest BCUT2D eigenvalue weighted by Crippen LogP contribution is 2.36. The first-order valence-electron chi connectivity index (χ1n) is 5.34. The summed E-state index contributed by atoms with van der Waals surface area (Å²) in [7, 11) is 1.69. The molecule has 0 bridgehead atoms. The van der Waals surface area contributed by atoms with Gasteiger partial charge in [-0.15, -0.1) is 0 Å². The first-order chi connectivity index (χ1) is 7.79. The van der Waals surface area contributed by atoms with Crippen LogP contribution in [0.15, 0.2) is 18.5 Å². The molecule has 0 aromatic carbocycles. The Morgan fingerprint density at radius 2 is 2.50 bits per heavy atom. The standard InChI is InChI=1S/C11H13N3O2/c1-16-7-4-10-11(15)13-8-5-12-3-2-9(8)14(10)6-7/h2-3,5,7,10H,4,6H2,1H3,(H,13,15). The molecular weight excluding hydrogens is 206 g/mol. The van der Waals surface area contributed by atoms with Crippen molar-refractivity contribution in [1.82, 2.24) is 4.98 Å². The van der Waals surface area contributed by atoms with Crippen LogP contribution in [0.2, 0.25) is 0 Å². The summed E-state index contributed by atoms with van der Waals surface area (Å²) in [6.45, 7) is 0.769. The number of rotatable bonds is 1. The van der Waals surface area contributed by atoms with Crippen molar-refractivity contribution in [1.29, 1.82) is 0 Å². The molecule has 2 atom stereocenters. The van der Waals surface area contributed by atoms with Crippen LogP contribution in [-0.2, 0) is 9.53 Å². The average Bonchev–Trinajstić information content (AvgIpc) is 2.74. The fourth-order valence-electron chi connectivity index (χ4n) is 2.43. The second-order valence-electron chi connectivity index (χ2n) is 4.14. The van der Waals surface area contributed by atoms with E-state index in [1.165, 1.54) is 0 Å². The maximum Gasteiger partial charge on any atom is 0.247 e. The minimum atomic E-state index is -0.0974. The van der Waals surface area contributed by atoms with E-state index >= 15 is 0 Å². The predicted molar refractivity (Wildman–Crippen MR) is 59.4 cm³/mol. The number of aromatic nitrogens is 1. The van der Waals surface area contributed by atoms with Gasteiger partial charge in [0.2, 0.25) is 5.91 Å². The molecule has 0 saturated carbocycles. The number of amides is 1. The first-order valence-corrected chi connectivity index (χ1v) is 5.34. The largest absolute Gasteiger partial charge is 0.380 e. The highest BCUT2D eigenvalue weighted by atomic mass is 16.5. The molecule has 0 aliphatic carbocycles. The normalized spacial score (nSPS) is 27.3. The van der Waals surface area contributed by atoms with Crippen LogP contribution in [0.5, 0.6) is 0 Å². The van der Waals surface area contributed by atoms with Crippen molar-refractivity contribution in [3.05, 3.63) is 18.5 Å². The van der Waals surface area contributed by atoms with Crippen LogP contribution in [0, 0.1) is 0 Å². The summed E-state index contributed by atoms with van der Waals surface area (Å²) < 4.78 is 5.33. The highest BCUT2D eigenvalue weighted by molar-refractivity contribution is 6.03. The Hall–Kier alpha value is -1.62. The predicted octanol–water partition coefficient (Wildman–Crippen LogP) is 0.627. The van der Waals surface area contributed by atoms with Gasteiger partial charge < -0.3 is 15.0 Å². The minimum absolute atomic E-state index is 0.0417. The number of hydrogen-bond donors (Lipinski definition) is 1. The van der Waals surface area contributed by atoms with E-state index in [9.17, 15) is 4.79 Å². The molecule has 3 rings (SSSR count). The SMILES string of the molecule is COC1CC2C(=O)Nc3cnccc3N2C1. The number of methoxy groups -OCH3 is 1. The third kappa shape index (κ3) is 1.28. The molecule has 5 heteroatoms. The van der Waals surface area contributed by atoms with Gasteiger partial charge in [0.15, 0.2) is 0 Å². The molecular formula is C11H13N3O2. The molecule has 2 aliphatic rings. The van der Waals surface area contributed by atoms with E-state index in [-0.39, 0.29) is 18.1 Å². The van der Waals surface area contributed by atoms with Crippen LogP contribution < -0.4 is 10.2 Å². The zero-order chi connectivity index (χ0) is 11.1. The van der Waals surface area contributed by atoms with Crippen LogP contribution in [-0.4, -0.2) is 36.7 Å². The molecule has 1 aromatic heterocycles. The van der Waals surface area contributed by atoms with Gasteiger partial charge in [-0.2, -0.15) is 0 Å². The smallest absolute Gasteiger partial charge is 0.247 e. The summed E-state index contributed by atoms with van der Waals surface area (Å²) in [5.74, 6) is 0.0417. The number of pyridine rings is 1. The molecule has 16 heavy (non-hydrogen) atoms. The summed E-state index contributed by atoms with van der Waals surface area (Å²) in [5.41, 5.74) is 1.83. The van der Waals surface area contributed by atoms with Gasteiger partial charge in [-0.05, 0) is 6.07 Å². The molecule has 1 amide bonds. The van der Waals surface area contributed by atoms with E-state index in [4.69, 9.17) is 4.74 Å². The number of nitrogens with one attached hydrogen (secondary N) is 1. The fourth-order valence-corrected chi connectivity index (χ4v) is 2.43. The summed E-state index contributed by atoms with van der Waals surface area (Å²) >= 11 is 0. The quantitative estimate of drug-likeness (QED) is 0.752. The third-order valence-corrected chi connectivity index (χ3v) is 3.26. The average molecular weight is 219 g/mol. The number of fused-ring (bicyclic) bond motifs is 3. The van der Waals surface area contributed by atoms with Crippen LogP contribution in [0.1, 0.15) is 6.42 Å². The Balaban J connectivity index is 2.01. The van der Waals surface area contributed by atoms with Crippen molar-refractivity contribution in [3.63, 3.8) is 0 Å². The maximum atomic E-state index is 11.9. The van der Waals surface area contributed by atoms with Gasteiger partial charge in [0, 0.05) is 26.3 Å². The molecule has 2 aliphatic heterocycles. The second-order valence-corrected chi connectivity index (χ2v) is 4.14. The number of anilines is 2. The molecule has 84 valence electrons. The molecule has 1 saturated heterocycles. The Kier molecular flexibility index (Phi) is 2.07. The highest BCUT2D eigenvalue weighted by Gasteiger charge is 2.40. The second kappa shape index (κ2) is 3.45. The van der Waals surface area contributed by atoms with Crippen molar-refractivity contribution in [3.8, 4) is 0 Å². The topological polar surface area (TPSA) is 54.5 Å².